The van der Waals surface area contributed by atoms with E-state index in [9.17, 15) is 0 Å². The Bertz CT molecular complexity index is 838. The van der Waals surface area contributed by atoms with Gasteiger partial charge in [0, 0.05) is 54.7 Å². The third-order valence-corrected chi connectivity index (χ3v) is 6.57. The Balaban J connectivity index is 1.36. The van der Waals surface area contributed by atoms with E-state index in [1.165, 1.54) is 22.0 Å². The van der Waals surface area contributed by atoms with Crippen molar-refractivity contribution in [1.82, 2.24) is 15.6 Å². The average Bonchev–Trinajstić information content (AvgIpc) is 3.30. The van der Waals surface area contributed by atoms with Crippen molar-refractivity contribution in [3.8, 4) is 0 Å². The summed E-state index contributed by atoms with van der Waals surface area (Å²) in [6.07, 6.45) is 5.72. The van der Waals surface area contributed by atoms with E-state index in [0.717, 1.165) is 38.4 Å². The number of ether oxygens (including phenoxy) is 1. The van der Waals surface area contributed by atoms with Crippen LogP contribution < -0.4 is 10.6 Å². The smallest absolute Gasteiger partial charge is 0.191 e. The Morgan fingerprint density at radius 3 is 2.96 bits per heavy atom. The molecular formula is C22H32N4O. The Morgan fingerprint density at radius 2 is 2.19 bits per heavy atom. The van der Waals surface area contributed by atoms with Crippen LogP contribution in [0.15, 0.2) is 29.4 Å². The number of aromatic nitrogens is 1. The fourth-order valence-electron chi connectivity index (χ4n) is 5.05. The molecule has 4 rings (SSSR count). The second-order valence-electron chi connectivity index (χ2n) is 8.44. The normalized spacial score (nSPS) is 26.7. The van der Waals surface area contributed by atoms with Crippen LogP contribution >= 0.6 is 0 Å². The van der Waals surface area contributed by atoms with Crippen LogP contribution in [0.4, 0.5) is 0 Å². The van der Waals surface area contributed by atoms with Crippen molar-refractivity contribution < 1.29 is 4.74 Å². The number of fused-ring (bicyclic) bond motifs is 2. The average molecular weight is 369 g/mol. The molecule has 5 nitrogen and oxygen atoms in total. The van der Waals surface area contributed by atoms with Gasteiger partial charge >= 0.3 is 0 Å². The van der Waals surface area contributed by atoms with Gasteiger partial charge in [0.25, 0.3) is 0 Å². The van der Waals surface area contributed by atoms with Gasteiger partial charge in [-0.25, -0.2) is 0 Å². The number of nitrogens with one attached hydrogen (secondary N) is 3. The molecule has 1 aliphatic carbocycles. The molecule has 2 aliphatic rings. The summed E-state index contributed by atoms with van der Waals surface area (Å²) in [6, 6.07) is 7.00. The minimum Gasteiger partial charge on any atom is -0.377 e. The van der Waals surface area contributed by atoms with Gasteiger partial charge in [-0.05, 0) is 30.4 Å². The van der Waals surface area contributed by atoms with E-state index in [-0.39, 0.29) is 5.41 Å². The van der Waals surface area contributed by atoms with Crippen molar-refractivity contribution in [3.63, 3.8) is 0 Å². The molecular weight excluding hydrogens is 336 g/mol. The number of aromatic amines is 1. The molecule has 3 atom stereocenters. The van der Waals surface area contributed by atoms with Crippen LogP contribution in [-0.2, 0) is 17.6 Å². The molecule has 1 aromatic heterocycles. The summed E-state index contributed by atoms with van der Waals surface area (Å²) >= 11 is 0. The third-order valence-electron chi connectivity index (χ3n) is 6.57. The number of aryl methyl sites for hydroxylation is 1. The van der Waals surface area contributed by atoms with Gasteiger partial charge in [0.15, 0.2) is 5.96 Å². The zero-order valence-electron chi connectivity index (χ0n) is 16.9. The molecule has 0 radical (unpaired) electrons. The minimum atomic E-state index is 0.159. The van der Waals surface area contributed by atoms with Crippen LogP contribution in [0.25, 0.3) is 10.9 Å². The summed E-state index contributed by atoms with van der Waals surface area (Å²) < 4.78 is 5.90. The second kappa shape index (κ2) is 7.19. The predicted molar refractivity (Wildman–Crippen MR) is 111 cm³/mol. The lowest BCUT2D eigenvalue weighted by molar-refractivity contribution is -0.106. The van der Waals surface area contributed by atoms with Crippen LogP contribution in [0.5, 0.6) is 0 Å². The molecule has 27 heavy (non-hydrogen) atoms. The number of hydrogen-bond donors (Lipinski definition) is 3. The first-order chi connectivity index (χ1) is 13.1. The van der Waals surface area contributed by atoms with Gasteiger partial charge in [-0.1, -0.05) is 39.0 Å². The fourth-order valence-corrected chi connectivity index (χ4v) is 5.05. The number of hydrogen-bond acceptors (Lipinski definition) is 2. The van der Waals surface area contributed by atoms with Crippen LogP contribution in [0.3, 0.4) is 0 Å². The molecule has 0 amide bonds. The first-order valence-electron chi connectivity index (χ1n) is 10.2. The number of benzene rings is 1. The predicted octanol–water partition coefficient (Wildman–Crippen LogP) is 3.25. The Hall–Kier alpha value is -2.01. The molecule has 146 valence electrons. The van der Waals surface area contributed by atoms with Crippen molar-refractivity contribution in [3.05, 3.63) is 35.5 Å². The lowest BCUT2D eigenvalue weighted by Crippen LogP contribution is -2.68. The maximum atomic E-state index is 5.90. The van der Waals surface area contributed by atoms with Crippen molar-refractivity contribution in [2.45, 2.75) is 52.2 Å². The highest BCUT2D eigenvalue weighted by Crippen LogP contribution is 2.52. The van der Waals surface area contributed by atoms with E-state index >= 15 is 0 Å². The molecule has 5 heteroatoms. The van der Waals surface area contributed by atoms with Crippen molar-refractivity contribution in [1.29, 1.82) is 0 Å². The molecule has 3 N–H and O–H groups in total. The molecule has 1 aliphatic heterocycles. The van der Waals surface area contributed by atoms with Crippen LogP contribution in [0.2, 0.25) is 0 Å². The highest BCUT2D eigenvalue weighted by Gasteiger charge is 2.59. The van der Waals surface area contributed by atoms with Crippen molar-refractivity contribution in [2.24, 2.45) is 16.3 Å². The van der Waals surface area contributed by atoms with Gasteiger partial charge in [-0.3, -0.25) is 4.99 Å². The Morgan fingerprint density at radius 1 is 1.33 bits per heavy atom. The number of H-pyrrole nitrogens is 1. The van der Waals surface area contributed by atoms with E-state index in [0.29, 0.717) is 18.1 Å². The van der Waals surface area contributed by atoms with Crippen LogP contribution in [-0.4, -0.2) is 43.3 Å². The van der Waals surface area contributed by atoms with Crippen LogP contribution in [0.1, 0.15) is 38.3 Å². The summed E-state index contributed by atoms with van der Waals surface area (Å²) in [4.78, 5) is 7.90. The lowest BCUT2D eigenvalue weighted by atomic mass is 9.57. The second-order valence-corrected chi connectivity index (χ2v) is 8.44. The first kappa shape index (κ1) is 18.4. The van der Waals surface area contributed by atoms with Crippen molar-refractivity contribution in [2.75, 3.05) is 20.2 Å². The monoisotopic (exact) mass is 368 g/mol. The largest absolute Gasteiger partial charge is 0.377 e. The highest BCUT2D eigenvalue weighted by molar-refractivity contribution is 5.86. The first-order valence-corrected chi connectivity index (χ1v) is 10.2. The molecule has 0 spiro atoms. The highest BCUT2D eigenvalue weighted by atomic mass is 16.5. The topological polar surface area (TPSA) is 61.4 Å². The van der Waals surface area contributed by atoms with Gasteiger partial charge in [-0.15, -0.1) is 0 Å². The zero-order chi connectivity index (χ0) is 19.0. The lowest BCUT2D eigenvalue weighted by Gasteiger charge is -2.54. The molecule has 1 saturated heterocycles. The third kappa shape index (κ3) is 3.12. The molecule has 3 unspecified atom stereocenters. The summed E-state index contributed by atoms with van der Waals surface area (Å²) in [6.45, 7) is 8.54. The summed E-state index contributed by atoms with van der Waals surface area (Å²) in [5.74, 6) is 1.51. The molecule has 0 bridgehead atoms. The SMILES string of the molecule is CCc1cccc2c(CCNC(=NC)NC3C4CCOC4C3(C)C)c[nH]c12. The number of guanidine groups is 1. The van der Waals surface area contributed by atoms with Gasteiger partial charge < -0.3 is 20.4 Å². The maximum Gasteiger partial charge on any atom is 0.191 e. The fraction of sp³-hybridized carbons (Fsp3) is 0.591. The summed E-state index contributed by atoms with van der Waals surface area (Å²) in [7, 11) is 1.85. The molecule has 2 fully saturated rings. The van der Waals surface area contributed by atoms with E-state index in [1.807, 2.05) is 7.05 Å². The molecule has 1 saturated carbocycles. The van der Waals surface area contributed by atoms with E-state index in [1.54, 1.807) is 0 Å². The van der Waals surface area contributed by atoms with Gasteiger partial charge in [0.1, 0.15) is 0 Å². The number of para-hydroxylation sites is 1. The Kier molecular flexibility index (Phi) is 4.89. The standard InChI is InChI=1S/C22H32N4O/c1-5-14-7-6-8-16-15(13-25-18(14)16)9-11-24-21(23-4)26-19-17-10-12-27-20(17)22(19,2)3/h6-8,13,17,19-20,25H,5,9-12H2,1-4H3,(H2,23,24,26). The van der Waals surface area contributed by atoms with E-state index < -0.39 is 0 Å². The quantitative estimate of drug-likeness (QED) is 0.561. The minimum absolute atomic E-state index is 0.159. The maximum absolute atomic E-state index is 5.90. The van der Waals surface area contributed by atoms with Gasteiger partial charge in [0.2, 0.25) is 0 Å². The zero-order valence-corrected chi connectivity index (χ0v) is 16.9. The van der Waals surface area contributed by atoms with E-state index in [2.05, 4.69) is 65.8 Å². The summed E-state index contributed by atoms with van der Waals surface area (Å²) in [5, 5.41) is 8.49. The molecule has 1 aromatic carbocycles. The van der Waals surface area contributed by atoms with Crippen LogP contribution in [0, 0.1) is 11.3 Å². The molecule has 2 aromatic rings. The molecule has 2 heterocycles. The summed E-state index contributed by atoms with van der Waals surface area (Å²) in [5.41, 5.74) is 4.17. The number of aliphatic imine (C=N–C) groups is 1. The van der Waals surface area contributed by atoms with Gasteiger partial charge in [-0.2, -0.15) is 0 Å². The number of rotatable bonds is 5. The van der Waals surface area contributed by atoms with Crippen molar-refractivity contribution >= 4 is 16.9 Å². The van der Waals surface area contributed by atoms with E-state index in [4.69, 9.17) is 4.74 Å². The van der Waals surface area contributed by atoms with Gasteiger partial charge in [0.05, 0.1) is 6.10 Å². The Labute approximate surface area is 162 Å². The number of nitrogens with zero attached hydrogens (tertiary/aromatic N) is 1.